The quantitative estimate of drug-likeness (QED) is 0.405. The molecule has 3 aromatic carbocycles. The summed E-state index contributed by atoms with van der Waals surface area (Å²) in [4.78, 5) is 15.7. The van der Waals surface area contributed by atoms with Crippen molar-refractivity contribution in [1.82, 2.24) is 10.3 Å². The van der Waals surface area contributed by atoms with E-state index >= 15 is 0 Å². The lowest BCUT2D eigenvalue weighted by atomic mass is 9.91. The van der Waals surface area contributed by atoms with E-state index in [1.807, 2.05) is 60.8 Å². The lowest BCUT2D eigenvalue weighted by Gasteiger charge is -2.18. The number of hydrogen-bond acceptors (Lipinski definition) is 2. The van der Waals surface area contributed by atoms with Gasteiger partial charge in [0.1, 0.15) is 5.75 Å². The summed E-state index contributed by atoms with van der Waals surface area (Å²) in [6, 6.07) is 25.8. The van der Waals surface area contributed by atoms with E-state index in [0.29, 0.717) is 12.3 Å². The van der Waals surface area contributed by atoms with Gasteiger partial charge in [0.2, 0.25) is 0 Å². The number of aromatic nitrogens is 1. The molecule has 0 aliphatic heterocycles. The molecule has 2 N–H and O–H groups in total. The zero-order valence-corrected chi connectivity index (χ0v) is 17.4. The number of carbonyl (C=O) groups is 1. The fourth-order valence-electron chi connectivity index (χ4n) is 3.42. The minimum Gasteiger partial charge on any atom is -0.484 e. The minimum absolute atomic E-state index is 0.00897. The predicted octanol–water partition coefficient (Wildman–Crippen LogP) is 5.26. The number of nitrogens with one attached hydrogen (secondary N) is 2. The summed E-state index contributed by atoms with van der Waals surface area (Å²) in [6.45, 7) is 0.478. The topological polar surface area (TPSA) is 54.1 Å². The molecule has 1 amide bonds. The molecule has 29 heavy (non-hydrogen) atoms. The molecule has 0 saturated carbocycles. The van der Waals surface area contributed by atoms with E-state index in [1.165, 1.54) is 0 Å². The SMILES string of the molecule is O=C(COc1ccccc1)NC[C@H](c1ccc(Br)cc1)c1c[nH]c2ccccc12. The van der Waals surface area contributed by atoms with Gasteiger partial charge in [0, 0.05) is 34.0 Å². The summed E-state index contributed by atoms with van der Waals surface area (Å²) in [5.41, 5.74) is 3.39. The smallest absolute Gasteiger partial charge is 0.257 e. The highest BCUT2D eigenvalue weighted by molar-refractivity contribution is 9.10. The molecule has 4 nitrogen and oxygen atoms in total. The molecule has 5 heteroatoms. The largest absolute Gasteiger partial charge is 0.484 e. The first-order valence-corrected chi connectivity index (χ1v) is 10.3. The van der Waals surface area contributed by atoms with Crippen molar-refractivity contribution in [2.45, 2.75) is 5.92 Å². The summed E-state index contributed by atoms with van der Waals surface area (Å²) in [7, 11) is 0. The van der Waals surface area contributed by atoms with Crippen LogP contribution in [0.3, 0.4) is 0 Å². The fraction of sp³-hybridized carbons (Fsp3) is 0.125. The highest BCUT2D eigenvalue weighted by Crippen LogP contribution is 2.31. The van der Waals surface area contributed by atoms with E-state index in [4.69, 9.17) is 4.74 Å². The molecular formula is C24H21BrN2O2. The Kier molecular flexibility index (Phi) is 5.96. The maximum Gasteiger partial charge on any atom is 0.257 e. The number of H-pyrrole nitrogens is 1. The van der Waals surface area contributed by atoms with Crippen LogP contribution in [0.1, 0.15) is 17.0 Å². The molecule has 146 valence electrons. The third kappa shape index (κ3) is 4.69. The molecule has 0 spiro atoms. The van der Waals surface area contributed by atoms with Crippen LogP contribution < -0.4 is 10.1 Å². The molecule has 0 aliphatic rings. The Morgan fingerprint density at radius 2 is 1.69 bits per heavy atom. The van der Waals surface area contributed by atoms with E-state index in [-0.39, 0.29) is 18.4 Å². The second-order valence-corrected chi connectivity index (χ2v) is 7.72. The Morgan fingerprint density at radius 1 is 0.966 bits per heavy atom. The van der Waals surface area contributed by atoms with Gasteiger partial charge in [0.25, 0.3) is 5.91 Å². The third-order valence-corrected chi connectivity index (χ3v) is 5.41. The molecule has 0 unspecified atom stereocenters. The van der Waals surface area contributed by atoms with Crippen molar-refractivity contribution < 1.29 is 9.53 Å². The average molecular weight is 449 g/mol. The second kappa shape index (κ2) is 8.97. The highest BCUT2D eigenvalue weighted by Gasteiger charge is 2.19. The second-order valence-electron chi connectivity index (χ2n) is 6.80. The van der Waals surface area contributed by atoms with Gasteiger partial charge in [-0.15, -0.1) is 0 Å². The van der Waals surface area contributed by atoms with Gasteiger partial charge in [-0.05, 0) is 41.5 Å². The number of halogens is 1. The number of para-hydroxylation sites is 2. The Balaban J connectivity index is 1.51. The van der Waals surface area contributed by atoms with Gasteiger partial charge in [0.05, 0.1) is 0 Å². The monoisotopic (exact) mass is 448 g/mol. The van der Waals surface area contributed by atoms with E-state index < -0.39 is 0 Å². The number of carbonyl (C=O) groups excluding carboxylic acids is 1. The third-order valence-electron chi connectivity index (χ3n) is 4.89. The normalized spacial score (nSPS) is 11.9. The van der Waals surface area contributed by atoms with Crippen molar-refractivity contribution >= 4 is 32.7 Å². The summed E-state index contributed by atoms with van der Waals surface area (Å²) in [5, 5.41) is 4.19. The van der Waals surface area contributed by atoms with Crippen molar-refractivity contribution in [3.05, 3.63) is 101 Å². The highest BCUT2D eigenvalue weighted by atomic mass is 79.9. The lowest BCUT2D eigenvalue weighted by Crippen LogP contribution is -2.32. The molecule has 1 aromatic heterocycles. The van der Waals surface area contributed by atoms with Crippen LogP contribution >= 0.6 is 15.9 Å². The first-order valence-electron chi connectivity index (χ1n) is 9.47. The van der Waals surface area contributed by atoms with E-state index in [9.17, 15) is 4.79 Å². The first kappa shape index (κ1) is 19.3. The maximum absolute atomic E-state index is 12.4. The molecular weight excluding hydrogens is 428 g/mol. The minimum atomic E-state index is -0.143. The van der Waals surface area contributed by atoms with Gasteiger partial charge >= 0.3 is 0 Å². The standard InChI is InChI=1S/C24H21BrN2O2/c25-18-12-10-17(11-13-18)21(22-15-26-23-9-5-4-8-20(22)23)14-27-24(28)16-29-19-6-2-1-3-7-19/h1-13,15,21,26H,14,16H2,(H,27,28)/t21-/m1/s1. The molecule has 4 aromatic rings. The molecule has 0 radical (unpaired) electrons. The van der Waals surface area contributed by atoms with Gasteiger partial charge in [0.15, 0.2) is 6.61 Å². The molecule has 0 fully saturated rings. The lowest BCUT2D eigenvalue weighted by molar-refractivity contribution is -0.123. The number of hydrogen-bond donors (Lipinski definition) is 2. The van der Waals surface area contributed by atoms with Crippen LogP contribution in [0.2, 0.25) is 0 Å². The summed E-state index contributed by atoms with van der Waals surface area (Å²) < 4.78 is 6.59. The van der Waals surface area contributed by atoms with Crippen LogP contribution in [-0.4, -0.2) is 24.0 Å². The van der Waals surface area contributed by atoms with Gasteiger partial charge in [-0.1, -0.05) is 64.5 Å². The molecule has 1 atom stereocenters. The van der Waals surface area contributed by atoms with E-state index in [0.717, 1.165) is 26.5 Å². The van der Waals surface area contributed by atoms with Gasteiger partial charge in [-0.25, -0.2) is 0 Å². The van der Waals surface area contributed by atoms with Crippen LogP contribution in [-0.2, 0) is 4.79 Å². The molecule has 0 aliphatic carbocycles. The first-order chi connectivity index (χ1) is 14.2. The number of rotatable bonds is 7. The zero-order valence-electron chi connectivity index (χ0n) is 15.8. The predicted molar refractivity (Wildman–Crippen MR) is 119 cm³/mol. The maximum atomic E-state index is 12.4. The van der Waals surface area contributed by atoms with Crippen molar-refractivity contribution in [1.29, 1.82) is 0 Å². The van der Waals surface area contributed by atoms with Crippen LogP contribution in [0, 0.1) is 0 Å². The molecule has 1 heterocycles. The van der Waals surface area contributed by atoms with E-state index in [2.05, 4.69) is 50.5 Å². The molecule has 0 bridgehead atoms. The van der Waals surface area contributed by atoms with Crippen LogP contribution in [0.4, 0.5) is 0 Å². The van der Waals surface area contributed by atoms with Gasteiger partial charge in [-0.2, -0.15) is 0 Å². The Bertz CT molecular complexity index is 1090. The Hall–Kier alpha value is -3.05. The van der Waals surface area contributed by atoms with Crippen LogP contribution in [0.5, 0.6) is 5.75 Å². The number of ether oxygens (including phenoxy) is 1. The van der Waals surface area contributed by atoms with Gasteiger partial charge < -0.3 is 15.0 Å². The van der Waals surface area contributed by atoms with Crippen molar-refractivity contribution in [2.24, 2.45) is 0 Å². The zero-order chi connectivity index (χ0) is 20.1. The number of benzene rings is 3. The van der Waals surface area contributed by atoms with Gasteiger partial charge in [-0.3, -0.25) is 4.79 Å². The molecule has 0 saturated heterocycles. The summed E-state index contributed by atoms with van der Waals surface area (Å²) >= 11 is 3.50. The van der Waals surface area contributed by atoms with Crippen molar-refractivity contribution in [2.75, 3.05) is 13.2 Å². The van der Waals surface area contributed by atoms with Crippen molar-refractivity contribution in [3.63, 3.8) is 0 Å². The molecule has 4 rings (SSSR count). The average Bonchev–Trinajstić information content (AvgIpc) is 3.18. The van der Waals surface area contributed by atoms with Crippen molar-refractivity contribution in [3.8, 4) is 5.75 Å². The number of aromatic amines is 1. The van der Waals surface area contributed by atoms with Crippen LogP contribution in [0.15, 0.2) is 89.5 Å². The number of amides is 1. The van der Waals surface area contributed by atoms with E-state index in [1.54, 1.807) is 0 Å². The van der Waals surface area contributed by atoms with Crippen LogP contribution in [0.25, 0.3) is 10.9 Å². The Morgan fingerprint density at radius 3 is 2.48 bits per heavy atom. The summed E-state index contributed by atoms with van der Waals surface area (Å²) in [6.07, 6.45) is 2.03. The Labute approximate surface area is 178 Å². The number of fused-ring (bicyclic) bond motifs is 1. The fourth-order valence-corrected chi connectivity index (χ4v) is 3.68. The summed E-state index contributed by atoms with van der Waals surface area (Å²) in [5.74, 6) is 0.569.